The summed E-state index contributed by atoms with van der Waals surface area (Å²) in [6.07, 6.45) is -45.8. The number of aliphatic hydroxyl groups excluding tert-OH is 14. The fourth-order valence-electron chi connectivity index (χ4n) is 12.2. The largest absolute Gasteiger partial charge is 0.480 e. The first-order valence-corrected chi connectivity index (χ1v) is 30.0. The third kappa shape index (κ3) is 16.3. The van der Waals surface area contributed by atoms with Crippen LogP contribution in [0.15, 0.2) is 48.5 Å². The molecule has 6 unspecified atom stereocenters. The lowest BCUT2D eigenvalue weighted by atomic mass is 9.87. The Labute approximate surface area is 535 Å². The number of Topliss-reactive ketones (excluding diaryl/α,β-unsaturated/α-hetero) is 1. The van der Waals surface area contributed by atoms with Crippen LogP contribution in [0.3, 0.4) is 0 Å². The molecule has 0 aromatic heterocycles. The predicted octanol–water partition coefficient (Wildman–Crippen LogP) is -8.77. The standard InChI is InChI=1S/C58H82N4O32/c1-21(67)58(13-31(71)37(59-22(2)68)50(93-58)40(73)32(72)14-63)94-51-42(75)34(16-65)88-56(47(51)80)91-48-35(17-66)89-53(38(44(48)77)60-23(3)69)85-20-36-43(76)49(92-55-46(79)45(78)41(74)33(15-64)87-55)39(61-24(4)70)54(90-36)84-19-30(52(81)82)62-57(83)86-18-29-27-11-7-5-9-25(27)26-10-6-8-12-28(26)29/h5-12,29-51,53-56,63-66,71-80H,13-20H2,1-4H3,(H,59,68)(H,60,69)(H,61,70)(H,62,83)(H,81,82)/t30?,31-,32?,33+,34+,35+,36-,37+,38+,39-,40?,41-,42-,43+,44+,45-,46+,47+,48?,49-,50-,51?,53+,54+,55?,56-,58-/m0/s1. The lowest BCUT2D eigenvalue weighted by Crippen LogP contribution is -2.71. The molecule has 36 heteroatoms. The van der Waals surface area contributed by atoms with Crippen molar-refractivity contribution in [1.29, 1.82) is 0 Å². The molecule has 8 rings (SSSR count). The zero-order chi connectivity index (χ0) is 68.8. The van der Waals surface area contributed by atoms with E-state index in [1.165, 1.54) is 0 Å². The molecule has 27 atom stereocenters. The first kappa shape index (κ1) is 74.1. The summed E-state index contributed by atoms with van der Waals surface area (Å²) in [6.45, 7) is -2.42. The number of aliphatic carboxylic acids is 1. The summed E-state index contributed by atoms with van der Waals surface area (Å²) in [5, 5.41) is 173. The summed E-state index contributed by atoms with van der Waals surface area (Å²) in [5.41, 5.74) is 3.53. The van der Waals surface area contributed by atoms with E-state index in [0.29, 0.717) is 0 Å². The molecule has 0 saturated carbocycles. The van der Waals surface area contributed by atoms with Gasteiger partial charge in [-0.1, -0.05) is 48.5 Å². The van der Waals surface area contributed by atoms with Crippen molar-refractivity contribution in [2.45, 2.75) is 205 Å². The summed E-state index contributed by atoms with van der Waals surface area (Å²) < 4.78 is 64.8. The Balaban J connectivity index is 1.02. The minimum Gasteiger partial charge on any atom is -0.480 e. The van der Waals surface area contributed by atoms with Crippen LogP contribution in [0.1, 0.15) is 51.2 Å². The SMILES string of the molecule is CC(=O)N[C@@H]1[C@H](OCC(NC(=O)OCC2c3ccccc3-c3ccccc32)C(=O)O)O[C@@H](CO[C@@H]2O[C@H](CO)C(O[C@@H]3O[C@H](CO)[C@H](O)C(O[C@]4(C(C)=O)C[C@H](O)[C@@H](NC(C)=O)[C@@H](C(O)C(O)CO)O4)[C@H]3O)[C@H](O)[C@H]2NC(C)=O)[C@@H](O)[C@H]1OC1O[C@H](CO)[C@H](O)[C@H](O)[C@H]1O. The van der Waals surface area contributed by atoms with E-state index >= 15 is 0 Å². The summed E-state index contributed by atoms with van der Waals surface area (Å²) in [6, 6.07) is 7.81. The van der Waals surface area contributed by atoms with Gasteiger partial charge in [0.25, 0.3) is 0 Å². The van der Waals surface area contributed by atoms with E-state index in [2.05, 4.69) is 21.3 Å². The number of carboxylic acid groups (broad SMARTS) is 1. The average molecular weight is 1350 g/mol. The zero-order valence-electron chi connectivity index (χ0n) is 51.0. The fraction of sp³-hybridized carbons (Fsp3) is 0.690. The second kappa shape index (κ2) is 32.1. The van der Waals surface area contributed by atoms with Crippen LogP contribution in [0.4, 0.5) is 4.79 Å². The van der Waals surface area contributed by atoms with Gasteiger partial charge in [-0.15, -0.1) is 0 Å². The van der Waals surface area contributed by atoms with E-state index in [4.69, 9.17) is 52.1 Å². The monoisotopic (exact) mass is 1350 g/mol. The number of carbonyl (C=O) groups is 6. The average Bonchev–Trinajstić information content (AvgIpc) is 0.888. The maximum atomic E-state index is 13.6. The Morgan fingerprint density at radius 3 is 1.64 bits per heavy atom. The molecule has 6 aliphatic rings. The van der Waals surface area contributed by atoms with Gasteiger partial charge in [0.2, 0.25) is 23.5 Å². The lowest BCUT2D eigenvalue weighted by molar-refractivity contribution is -0.381. The van der Waals surface area contributed by atoms with Crippen LogP contribution in [-0.2, 0) is 76.1 Å². The van der Waals surface area contributed by atoms with Gasteiger partial charge in [0.15, 0.2) is 37.0 Å². The first-order valence-electron chi connectivity index (χ1n) is 30.0. The zero-order valence-corrected chi connectivity index (χ0v) is 51.0. The Bertz CT molecular complexity index is 2870. The molecule has 526 valence electrons. The van der Waals surface area contributed by atoms with Crippen molar-refractivity contribution in [2.75, 3.05) is 46.2 Å². The summed E-state index contributed by atoms with van der Waals surface area (Å²) in [5.74, 6) is -8.45. The number of aliphatic hydroxyl groups is 14. The number of carboxylic acids is 1. The van der Waals surface area contributed by atoms with E-state index < -0.39 is 253 Å². The van der Waals surface area contributed by atoms with Gasteiger partial charge in [0, 0.05) is 40.0 Å². The minimum atomic E-state index is -2.77. The van der Waals surface area contributed by atoms with Crippen LogP contribution < -0.4 is 21.3 Å². The molecule has 2 aromatic carbocycles. The summed E-state index contributed by atoms with van der Waals surface area (Å²) >= 11 is 0. The van der Waals surface area contributed by atoms with E-state index in [-0.39, 0.29) is 6.61 Å². The van der Waals surface area contributed by atoms with Crippen LogP contribution in [0.2, 0.25) is 0 Å². The lowest BCUT2D eigenvalue weighted by Gasteiger charge is -2.51. The second-order valence-electron chi connectivity index (χ2n) is 23.5. The van der Waals surface area contributed by atoms with E-state index in [1.807, 2.05) is 48.5 Å². The van der Waals surface area contributed by atoms with Crippen molar-refractivity contribution in [3.8, 4) is 11.1 Å². The summed E-state index contributed by atoms with van der Waals surface area (Å²) in [4.78, 5) is 77.7. The van der Waals surface area contributed by atoms with Crippen LogP contribution in [0.25, 0.3) is 11.1 Å². The molecule has 1 aliphatic carbocycles. The van der Waals surface area contributed by atoms with E-state index in [1.54, 1.807) is 0 Å². The van der Waals surface area contributed by atoms with Gasteiger partial charge in [0.05, 0.1) is 51.8 Å². The molecular formula is C58H82N4O32. The van der Waals surface area contributed by atoms with Crippen LogP contribution in [0.5, 0.6) is 0 Å². The number of ether oxygens (including phenoxy) is 11. The van der Waals surface area contributed by atoms with Gasteiger partial charge in [-0.2, -0.15) is 0 Å². The van der Waals surface area contributed by atoms with E-state index in [0.717, 1.165) is 49.9 Å². The first-order chi connectivity index (χ1) is 44.6. The highest BCUT2D eigenvalue weighted by Gasteiger charge is 2.60. The maximum absolute atomic E-state index is 13.6. The fourth-order valence-corrected chi connectivity index (χ4v) is 12.2. The molecule has 36 nitrogen and oxygen atoms in total. The number of carbonyl (C=O) groups excluding carboxylic acids is 5. The van der Waals surface area contributed by atoms with E-state index in [9.17, 15) is 105 Å². The third-order valence-electron chi connectivity index (χ3n) is 17.0. The quantitative estimate of drug-likeness (QED) is 0.0416. The Hall–Kier alpha value is -5.70. The van der Waals surface area contributed by atoms with Crippen molar-refractivity contribution in [2.24, 2.45) is 0 Å². The number of ketones is 1. The highest BCUT2D eigenvalue weighted by Crippen LogP contribution is 2.45. The number of nitrogens with one attached hydrogen (secondary N) is 4. The second-order valence-corrected chi connectivity index (χ2v) is 23.5. The van der Waals surface area contributed by atoms with Crippen molar-refractivity contribution in [3.63, 3.8) is 0 Å². The van der Waals surface area contributed by atoms with Crippen LogP contribution in [0, 0.1) is 0 Å². The van der Waals surface area contributed by atoms with Crippen molar-refractivity contribution in [3.05, 3.63) is 59.7 Å². The number of hydrogen-bond donors (Lipinski definition) is 19. The topological polar surface area (TPSA) is 556 Å². The molecule has 94 heavy (non-hydrogen) atoms. The van der Waals surface area contributed by atoms with Gasteiger partial charge in [-0.05, 0) is 22.3 Å². The molecule has 2 aromatic rings. The number of benzene rings is 2. The third-order valence-corrected chi connectivity index (χ3v) is 17.0. The van der Waals surface area contributed by atoms with Crippen LogP contribution >= 0.6 is 0 Å². The molecule has 5 aliphatic heterocycles. The molecule has 19 N–H and O–H groups in total. The molecule has 4 amide bonds. The number of rotatable bonds is 26. The number of amides is 4. The minimum absolute atomic E-state index is 0.227. The highest BCUT2D eigenvalue weighted by atomic mass is 16.8. The molecular weight excluding hydrogens is 1260 g/mol. The van der Waals surface area contributed by atoms with Crippen molar-refractivity contribution >= 4 is 35.6 Å². The molecule has 0 spiro atoms. The molecule has 5 fully saturated rings. The molecule has 5 heterocycles. The smallest absolute Gasteiger partial charge is 0.407 e. The normalized spacial score (nSPS) is 37.6. The molecule has 5 saturated heterocycles. The molecule has 0 bridgehead atoms. The van der Waals surface area contributed by atoms with Gasteiger partial charge in [-0.3, -0.25) is 19.2 Å². The maximum Gasteiger partial charge on any atom is 0.407 e. The van der Waals surface area contributed by atoms with Gasteiger partial charge >= 0.3 is 12.1 Å². The summed E-state index contributed by atoms with van der Waals surface area (Å²) in [7, 11) is 0. The number of hydrogen-bond acceptors (Lipinski definition) is 31. The number of fused-ring (bicyclic) bond motifs is 3. The van der Waals surface area contributed by atoms with Gasteiger partial charge < -0.3 is 150 Å². The van der Waals surface area contributed by atoms with Gasteiger partial charge in [0.1, 0.15) is 122 Å². The number of alkyl carbamates (subject to hydrolysis) is 1. The Morgan fingerprint density at radius 2 is 1.07 bits per heavy atom. The van der Waals surface area contributed by atoms with Gasteiger partial charge in [-0.25, -0.2) is 9.59 Å². The highest BCUT2D eigenvalue weighted by molar-refractivity contribution is 5.84. The Kier molecular flexibility index (Phi) is 25.3. The molecule has 0 radical (unpaired) electrons. The van der Waals surface area contributed by atoms with Crippen LogP contribution in [-0.4, -0.2) is 323 Å². The van der Waals surface area contributed by atoms with Crippen molar-refractivity contribution in [1.82, 2.24) is 21.3 Å². The van der Waals surface area contributed by atoms with Crippen molar-refractivity contribution < 1.29 is 157 Å². The Morgan fingerprint density at radius 1 is 0.564 bits per heavy atom. The predicted molar refractivity (Wildman–Crippen MR) is 305 cm³/mol.